The summed E-state index contributed by atoms with van der Waals surface area (Å²) in [6.45, 7) is 2.02. The van der Waals surface area contributed by atoms with E-state index in [-0.39, 0.29) is 0 Å². The average molecular weight is 214 g/mol. The Morgan fingerprint density at radius 1 is 1.73 bits per heavy atom. The topological polar surface area (TPSA) is 30.0 Å². The van der Waals surface area contributed by atoms with E-state index in [2.05, 4.69) is 20.9 Å². The highest BCUT2D eigenvalue weighted by Crippen LogP contribution is 2.14. The molecule has 11 heavy (non-hydrogen) atoms. The molecule has 1 aromatic rings. The van der Waals surface area contributed by atoms with E-state index in [1.807, 2.05) is 13.0 Å². The molecule has 0 amide bonds. The highest BCUT2D eigenvalue weighted by Gasteiger charge is 1.99. The molecule has 0 saturated carbocycles. The third-order valence-corrected chi connectivity index (χ3v) is 2.16. The zero-order valence-electron chi connectivity index (χ0n) is 6.17. The normalized spacial score (nSPS) is 9.64. The highest BCUT2D eigenvalue weighted by atomic mass is 79.9. The summed E-state index contributed by atoms with van der Waals surface area (Å²) in [5.41, 5.74) is 1.69. The molecule has 58 valence electrons. The molecule has 3 heteroatoms. The summed E-state index contributed by atoms with van der Waals surface area (Å²) in [4.78, 5) is 14.3. The Kier molecular flexibility index (Phi) is 2.76. The van der Waals surface area contributed by atoms with Gasteiger partial charge < -0.3 is 0 Å². The molecule has 0 atom stereocenters. The van der Waals surface area contributed by atoms with Crippen LogP contribution >= 0.6 is 15.9 Å². The molecular formula is C8H8BrNO. The lowest BCUT2D eigenvalue weighted by molar-refractivity contribution is 0.112. The molecule has 1 rings (SSSR count). The molecule has 0 aliphatic carbocycles. The van der Waals surface area contributed by atoms with Crippen LogP contribution in [0.25, 0.3) is 0 Å². The standard InChI is InChI=1S/C8H8BrNO/c1-2-7-3-6(5-11)4-10-8(7)9/h3-5H,2H2,1H3. The lowest BCUT2D eigenvalue weighted by atomic mass is 10.2. The highest BCUT2D eigenvalue weighted by molar-refractivity contribution is 9.10. The quantitative estimate of drug-likeness (QED) is 0.558. The minimum absolute atomic E-state index is 0.630. The SMILES string of the molecule is CCc1cc(C=O)cnc1Br. The van der Waals surface area contributed by atoms with Gasteiger partial charge in [0.15, 0.2) is 6.29 Å². The first-order chi connectivity index (χ1) is 5.27. The number of hydrogen-bond acceptors (Lipinski definition) is 2. The Morgan fingerprint density at radius 3 is 3.00 bits per heavy atom. The molecule has 0 saturated heterocycles. The number of aromatic nitrogens is 1. The van der Waals surface area contributed by atoms with E-state index in [0.717, 1.165) is 22.9 Å². The monoisotopic (exact) mass is 213 g/mol. The van der Waals surface area contributed by atoms with E-state index in [0.29, 0.717) is 5.56 Å². The number of nitrogens with zero attached hydrogens (tertiary/aromatic N) is 1. The van der Waals surface area contributed by atoms with Gasteiger partial charge in [-0.1, -0.05) is 6.92 Å². The minimum atomic E-state index is 0.630. The van der Waals surface area contributed by atoms with Crippen LogP contribution in [0, 0.1) is 0 Å². The molecule has 0 aromatic carbocycles. The molecule has 0 radical (unpaired) electrons. The maximum atomic E-state index is 10.3. The van der Waals surface area contributed by atoms with Crippen LogP contribution in [0.4, 0.5) is 0 Å². The molecule has 0 unspecified atom stereocenters. The van der Waals surface area contributed by atoms with E-state index in [9.17, 15) is 4.79 Å². The van der Waals surface area contributed by atoms with Gasteiger partial charge in [0.1, 0.15) is 4.60 Å². The van der Waals surface area contributed by atoms with Gasteiger partial charge in [0.25, 0.3) is 0 Å². The van der Waals surface area contributed by atoms with Crippen LogP contribution in [0.5, 0.6) is 0 Å². The van der Waals surface area contributed by atoms with E-state index in [4.69, 9.17) is 0 Å². The summed E-state index contributed by atoms with van der Waals surface area (Å²) in [6, 6.07) is 1.84. The van der Waals surface area contributed by atoms with Gasteiger partial charge in [0.2, 0.25) is 0 Å². The first kappa shape index (κ1) is 8.40. The second kappa shape index (κ2) is 3.62. The Labute approximate surface area is 73.8 Å². The summed E-state index contributed by atoms with van der Waals surface area (Å²) >= 11 is 3.29. The van der Waals surface area contributed by atoms with Crippen molar-refractivity contribution in [3.05, 3.63) is 28.0 Å². The average Bonchev–Trinajstić information content (AvgIpc) is 2.05. The molecule has 0 N–H and O–H groups in total. The molecule has 0 spiro atoms. The van der Waals surface area contributed by atoms with Crippen molar-refractivity contribution >= 4 is 22.2 Å². The van der Waals surface area contributed by atoms with Gasteiger partial charge in [-0.25, -0.2) is 4.98 Å². The van der Waals surface area contributed by atoms with Crippen molar-refractivity contribution in [2.75, 3.05) is 0 Å². The fraction of sp³-hybridized carbons (Fsp3) is 0.250. The lowest BCUT2D eigenvalue weighted by Crippen LogP contribution is -1.90. The Bertz CT molecular complexity index is 273. The number of rotatable bonds is 2. The van der Waals surface area contributed by atoms with Crippen molar-refractivity contribution < 1.29 is 4.79 Å². The molecule has 1 heterocycles. The Morgan fingerprint density at radius 2 is 2.45 bits per heavy atom. The number of aldehydes is 1. The third kappa shape index (κ3) is 1.87. The fourth-order valence-electron chi connectivity index (χ4n) is 0.825. The number of hydrogen-bond donors (Lipinski definition) is 0. The summed E-state index contributed by atoms with van der Waals surface area (Å²) in [5.74, 6) is 0. The molecule has 2 nitrogen and oxygen atoms in total. The number of carbonyl (C=O) groups excluding carboxylic acids is 1. The lowest BCUT2D eigenvalue weighted by Gasteiger charge is -1.99. The third-order valence-electron chi connectivity index (χ3n) is 1.45. The number of pyridine rings is 1. The second-order valence-corrected chi connectivity index (χ2v) is 2.94. The van der Waals surface area contributed by atoms with Crippen molar-refractivity contribution in [1.82, 2.24) is 4.98 Å². The van der Waals surface area contributed by atoms with E-state index in [1.165, 1.54) is 0 Å². The Balaban J connectivity index is 3.12. The molecule has 0 fully saturated rings. The van der Waals surface area contributed by atoms with Crippen molar-refractivity contribution in [2.45, 2.75) is 13.3 Å². The molecule has 0 aliphatic heterocycles. The van der Waals surface area contributed by atoms with Crippen LogP contribution in [0.15, 0.2) is 16.9 Å². The summed E-state index contributed by atoms with van der Waals surface area (Å²) in [6.07, 6.45) is 3.24. The van der Waals surface area contributed by atoms with E-state index in [1.54, 1.807) is 6.20 Å². The number of carbonyl (C=O) groups is 1. The predicted octanol–water partition coefficient (Wildman–Crippen LogP) is 2.22. The van der Waals surface area contributed by atoms with Crippen molar-refractivity contribution in [3.8, 4) is 0 Å². The van der Waals surface area contributed by atoms with Crippen LogP contribution < -0.4 is 0 Å². The van der Waals surface area contributed by atoms with Gasteiger partial charge in [0.05, 0.1) is 0 Å². The maximum Gasteiger partial charge on any atom is 0.151 e. The summed E-state index contributed by atoms with van der Waals surface area (Å²) in [5, 5.41) is 0. The fourth-order valence-corrected chi connectivity index (χ4v) is 1.32. The number of halogens is 1. The van der Waals surface area contributed by atoms with Crippen LogP contribution in [0.3, 0.4) is 0 Å². The molecular weight excluding hydrogens is 206 g/mol. The van der Waals surface area contributed by atoms with Gasteiger partial charge >= 0.3 is 0 Å². The van der Waals surface area contributed by atoms with Crippen LogP contribution in [0.1, 0.15) is 22.8 Å². The van der Waals surface area contributed by atoms with Gasteiger partial charge in [-0.2, -0.15) is 0 Å². The van der Waals surface area contributed by atoms with E-state index < -0.39 is 0 Å². The zero-order valence-corrected chi connectivity index (χ0v) is 7.76. The first-order valence-corrected chi connectivity index (χ1v) is 4.16. The molecule has 1 aromatic heterocycles. The van der Waals surface area contributed by atoms with Crippen molar-refractivity contribution in [1.29, 1.82) is 0 Å². The van der Waals surface area contributed by atoms with Gasteiger partial charge in [-0.05, 0) is 34.0 Å². The van der Waals surface area contributed by atoms with Crippen LogP contribution in [-0.2, 0) is 6.42 Å². The Hall–Kier alpha value is -0.700. The largest absolute Gasteiger partial charge is 0.298 e. The number of aryl methyl sites for hydroxylation is 1. The second-order valence-electron chi connectivity index (χ2n) is 2.19. The summed E-state index contributed by atoms with van der Waals surface area (Å²) in [7, 11) is 0. The predicted molar refractivity (Wildman–Crippen MR) is 46.7 cm³/mol. The van der Waals surface area contributed by atoms with Gasteiger partial charge in [-0.3, -0.25) is 4.79 Å². The first-order valence-electron chi connectivity index (χ1n) is 3.37. The van der Waals surface area contributed by atoms with Crippen molar-refractivity contribution in [2.24, 2.45) is 0 Å². The van der Waals surface area contributed by atoms with Crippen molar-refractivity contribution in [3.63, 3.8) is 0 Å². The maximum absolute atomic E-state index is 10.3. The van der Waals surface area contributed by atoms with Gasteiger partial charge in [0, 0.05) is 11.8 Å². The van der Waals surface area contributed by atoms with Crippen LogP contribution in [-0.4, -0.2) is 11.3 Å². The minimum Gasteiger partial charge on any atom is -0.298 e. The smallest absolute Gasteiger partial charge is 0.151 e. The van der Waals surface area contributed by atoms with E-state index >= 15 is 0 Å². The van der Waals surface area contributed by atoms with Crippen LogP contribution in [0.2, 0.25) is 0 Å². The molecule has 0 bridgehead atoms. The molecule has 0 aliphatic rings. The summed E-state index contributed by atoms with van der Waals surface area (Å²) < 4.78 is 0.825. The van der Waals surface area contributed by atoms with Gasteiger partial charge in [-0.15, -0.1) is 0 Å². The zero-order chi connectivity index (χ0) is 8.27.